The van der Waals surface area contributed by atoms with Gasteiger partial charge in [-0.15, -0.1) is 13.2 Å². The molecule has 12 heteroatoms. The number of nitrogens with zero attached hydrogens (tertiary/aromatic N) is 5. The van der Waals surface area contributed by atoms with Crippen molar-refractivity contribution in [1.29, 1.82) is 0 Å². The monoisotopic (exact) mass is 535 g/mol. The predicted octanol–water partition coefficient (Wildman–Crippen LogP) is 1.98. The van der Waals surface area contributed by atoms with Gasteiger partial charge in [0.2, 0.25) is 5.91 Å². The zero-order chi connectivity index (χ0) is 27.0. The molecule has 1 aliphatic carbocycles. The number of piperidine rings is 1. The minimum atomic E-state index is -4.80. The second-order valence-electron chi connectivity index (χ2n) is 10.7. The summed E-state index contributed by atoms with van der Waals surface area (Å²) in [5.41, 5.74) is 0.806. The maximum Gasteiger partial charge on any atom is 0.573 e. The number of rotatable bonds is 9. The van der Waals surface area contributed by atoms with Gasteiger partial charge in [0, 0.05) is 65.0 Å². The van der Waals surface area contributed by atoms with Crippen LogP contribution in [0, 0.1) is 23.7 Å². The van der Waals surface area contributed by atoms with Crippen molar-refractivity contribution in [2.24, 2.45) is 30.7 Å². The number of benzene rings is 1. The molecule has 1 saturated carbocycles. The van der Waals surface area contributed by atoms with Crippen molar-refractivity contribution < 1.29 is 32.6 Å². The molecule has 0 bridgehead atoms. The van der Waals surface area contributed by atoms with Crippen molar-refractivity contribution in [2.45, 2.75) is 19.3 Å². The van der Waals surface area contributed by atoms with Crippen LogP contribution in [0.25, 0.3) is 0 Å². The van der Waals surface area contributed by atoms with Crippen molar-refractivity contribution >= 4 is 11.8 Å². The molecular weight excluding hydrogens is 503 g/mol. The van der Waals surface area contributed by atoms with E-state index in [0.29, 0.717) is 43.6 Å². The largest absolute Gasteiger partial charge is 0.573 e. The Bertz CT molecular complexity index is 1160. The van der Waals surface area contributed by atoms with Gasteiger partial charge in [-0.05, 0) is 41.9 Å². The van der Waals surface area contributed by atoms with Crippen molar-refractivity contribution in [3.05, 3.63) is 48.0 Å². The molecule has 1 aromatic heterocycles. The van der Waals surface area contributed by atoms with Crippen LogP contribution in [0.2, 0.25) is 0 Å². The van der Waals surface area contributed by atoms with E-state index in [-0.39, 0.29) is 48.2 Å². The molecule has 1 aromatic carbocycles. The molecule has 206 valence electrons. The lowest BCUT2D eigenvalue weighted by Gasteiger charge is -2.26. The number of imidazole rings is 1. The fourth-order valence-corrected chi connectivity index (χ4v) is 5.86. The second-order valence-corrected chi connectivity index (χ2v) is 10.7. The summed E-state index contributed by atoms with van der Waals surface area (Å²) in [5.74, 6) is 0.639. The summed E-state index contributed by atoms with van der Waals surface area (Å²) in [5, 5.41) is 9.32. The van der Waals surface area contributed by atoms with E-state index in [1.54, 1.807) is 28.8 Å². The summed E-state index contributed by atoms with van der Waals surface area (Å²) in [7, 11) is 1.76. The van der Waals surface area contributed by atoms with Crippen LogP contribution in [0.1, 0.15) is 22.5 Å². The maximum atomic E-state index is 13.3. The Kier molecular flexibility index (Phi) is 7.36. The molecule has 2 aliphatic heterocycles. The Morgan fingerprint density at radius 2 is 1.97 bits per heavy atom. The third kappa shape index (κ3) is 6.12. The van der Waals surface area contributed by atoms with Gasteiger partial charge in [0.25, 0.3) is 5.91 Å². The molecule has 0 radical (unpaired) electrons. The lowest BCUT2D eigenvalue weighted by Crippen LogP contribution is -2.40. The van der Waals surface area contributed by atoms with Crippen molar-refractivity contribution in [3.63, 3.8) is 0 Å². The van der Waals surface area contributed by atoms with E-state index in [9.17, 15) is 27.9 Å². The Hall–Kier alpha value is -3.12. The molecule has 2 amide bonds. The highest BCUT2D eigenvalue weighted by atomic mass is 19.4. The number of ether oxygens (including phenoxy) is 1. The predicted molar refractivity (Wildman–Crippen MR) is 130 cm³/mol. The Morgan fingerprint density at radius 3 is 2.61 bits per heavy atom. The van der Waals surface area contributed by atoms with E-state index in [0.717, 1.165) is 19.5 Å². The molecule has 3 aliphatic rings. The zero-order valence-electron chi connectivity index (χ0n) is 21.2. The van der Waals surface area contributed by atoms with Gasteiger partial charge in [0.05, 0.1) is 12.9 Å². The normalized spacial score (nSPS) is 24.9. The van der Waals surface area contributed by atoms with E-state index >= 15 is 0 Å². The van der Waals surface area contributed by atoms with Crippen LogP contribution in [0.4, 0.5) is 13.2 Å². The first-order chi connectivity index (χ1) is 18.1. The van der Waals surface area contributed by atoms with Gasteiger partial charge in [-0.2, -0.15) is 0 Å². The molecule has 3 unspecified atom stereocenters. The molecule has 0 spiro atoms. The number of hydrogen-bond donors (Lipinski definition) is 1. The first kappa shape index (κ1) is 26.5. The maximum absolute atomic E-state index is 13.3. The molecule has 5 rings (SSSR count). The Morgan fingerprint density at radius 1 is 1.21 bits per heavy atom. The molecule has 2 saturated heterocycles. The molecule has 9 nitrogen and oxygen atoms in total. The van der Waals surface area contributed by atoms with Crippen LogP contribution in [0.15, 0.2) is 36.8 Å². The molecule has 2 aromatic rings. The standard InChI is InChI=1S/C26H32F3N5O4/c1-31-13-23(30-16-31)25(37)34(8-17-3-2-4-19(7-17)38-26(27,28)29)12-22-20-10-32(11-21(20)22)14-24(36)33-6-5-18(9-33)15-35/h2-4,7,13,16,18,20-22,35H,5-6,8-12,14-15H2,1H3. The molecule has 3 atom stereocenters. The number of hydrogen-bond acceptors (Lipinski definition) is 6. The van der Waals surface area contributed by atoms with Gasteiger partial charge in [-0.25, -0.2) is 4.98 Å². The molecular formula is C26H32F3N5O4. The first-order valence-corrected chi connectivity index (χ1v) is 12.8. The van der Waals surface area contributed by atoms with Gasteiger partial charge in [0.1, 0.15) is 11.4 Å². The number of amides is 2. The topological polar surface area (TPSA) is 91.1 Å². The third-order valence-electron chi connectivity index (χ3n) is 7.85. The van der Waals surface area contributed by atoms with E-state index in [4.69, 9.17) is 0 Å². The van der Waals surface area contributed by atoms with Crippen molar-refractivity contribution in [2.75, 3.05) is 45.9 Å². The number of halogens is 3. The van der Waals surface area contributed by atoms with Crippen LogP contribution < -0.4 is 4.74 Å². The summed E-state index contributed by atoms with van der Waals surface area (Å²) in [6, 6.07) is 5.68. The molecule has 3 fully saturated rings. The van der Waals surface area contributed by atoms with Crippen LogP contribution in [0.3, 0.4) is 0 Å². The Balaban J connectivity index is 1.20. The van der Waals surface area contributed by atoms with Gasteiger partial charge >= 0.3 is 6.36 Å². The Labute approximate surface area is 218 Å². The quantitative estimate of drug-likeness (QED) is 0.528. The molecule has 38 heavy (non-hydrogen) atoms. The SMILES string of the molecule is Cn1cnc(C(=O)N(Cc2cccc(OC(F)(F)F)c2)CC2C3CN(CC(=O)N4CCC(CO)C4)CC32)c1. The summed E-state index contributed by atoms with van der Waals surface area (Å²) in [4.78, 5) is 35.8. The van der Waals surface area contributed by atoms with Crippen LogP contribution in [-0.4, -0.2) is 93.4 Å². The average Bonchev–Trinajstić information content (AvgIpc) is 3.34. The number of aromatic nitrogens is 2. The average molecular weight is 536 g/mol. The van der Waals surface area contributed by atoms with Crippen LogP contribution in [-0.2, 0) is 18.4 Å². The van der Waals surface area contributed by atoms with Gasteiger partial charge < -0.3 is 24.2 Å². The highest BCUT2D eigenvalue weighted by Crippen LogP contribution is 2.52. The molecule has 1 N–H and O–H groups in total. The number of aryl methyl sites for hydroxylation is 1. The van der Waals surface area contributed by atoms with Crippen LogP contribution in [0.5, 0.6) is 5.75 Å². The fourth-order valence-electron chi connectivity index (χ4n) is 5.86. The highest BCUT2D eigenvalue weighted by Gasteiger charge is 2.56. The number of alkyl halides is 3. The first-order valence-electron chi connectivity index (χ1n) is 12.8. The lowest BCUT2D eigenvalue weighted by atomic mass is 10.1. The molecule has 3 heterocycles. The van der Waals surface area contributed by atoms with Crippen LogP contribution >= 0.6 is 0 Å². The smallest absolute Gasteiger partial charge is 0.406 e. The van der Waals surface area contributed by atoms with E-state index < -0.39 is 6.36 Å². The van der Waals surface area contributed by atoms with Gasteiger partial charge in [0.15, 0.2) is 0 Å². The van der Waals surface area contributed by atoms with E-state index in [1.165, 1.54) is 24.5 Å². The van der Waals surface area contributed by atoms with Crippen molar-refractivity contribution in [3.8, 4) is 5.75 Å². The van der Waals surface area contributed by atoms with E-state index in [2.05, 4.69) is 14.6 Å². The summed E-state index contributed by atoms with van der Waals surface area (Å²) < 4.78 is 43.8. The van der Waals surface area contributed by atoms with Gasteiger partial charge in [-0.1, -0.05) is 12.1 Å². The van der Waals surface area contributed by atoms with E-state index in [1.807, 2.05) is 4.90 Å². The number of carbonyl (C=O) groups is 2. The lowest BCUT2D eigenvalue weighted by molar-refractivity contribution is -0.274. The summed E-state index contributed by atoms with van der Waals surface area (Å²) in [6.45, 7) is 3.90. The second kappa shape index (κ2) is 10.6. The zero-order valence-corrected chi connectivity index (χ0v) is 21.2. The summed E-state index contributed by atoms with van der Waals surface area (Å²) in [6.07, 6.45) is -0.802. The number of likely N-dealkylation sites (tertiary alicyclic amines) is 2. The highest BCUT2D eigenvalue weighted by molar-refractivity contribution is 5.92. The number of fused-ring (bicyclic) bond motifs is 1. The fraction of sp³-hybridized carbons (Fsp3) is 0.577. The van der Waals surface area contributed by atoms with Gasteiger partial charge in [-0.3, -0.25) is 14.5 Å². The third-order valence-corrected chi connectivity index (χ3v) is 7.85. The minimum Gasteiger partial charge on any atom is -0.406 e. The van der Waals surface area contributed by atoms with Crippen molar-refractivity contribution in [1.82, 2.24) is 24.3 Å². The minimum absolute atomic E-state index is 0.0895. The number of aliphatic hydroxyl groups excluding tert-OH is 1. The summed E-state index contributed by atoms with van der Waals surface area (Å²) >= 11 is 0. The number of carbonyl (C=O) groups excluding carboxylic acids is 2. The number of aliphatic hydroxyl groups is 1.